The molecule has 1 atom stereocenters. The van der Waals surface area contributed by atoms with Gasteiger partial charge in [0.05, 0.1) is 15.5 Å². The molecule has 0 aromatic heterocycles. The van der Waals surface area contributed by atoms with Crippen LogP contribution in [0.1, 0.15) is 18.9 Å². The second kappa shape index (κ2) is 7.38. The van der Waals surface area contributed by atoms with Gasteiger partial charge in [-0.3, -0.25) is 0 Å². The van der Waals surface area contributed by atoms with Crippen molar-refractivity contribution in [3.63, 3.8) is 0 Å². The number of benzene rings is 2. The summed E-state index contributed by atoms with van der Waals surface area (Å²) >= 11 is 0. The van der Waals surface area contributed by atoms with Crippen molar-refractivity contribution in [2.75, 3.05) is 12.3 Å². The molecule has 0 spiro atoms. The first kappa shape index (κ1) is 18.9. The fourth-order valence-electron chi connectivity index (χ4n) is 2.77. The highest BCUT2D eigenvalue weighted by molar-refractivity contribution is 7.91. The Hall–Kier alpha value is -1.90. The Morgan fingerprint density at radius 3 is 2.46 bits per heavy atom. The number of ether oxygens (including phenoxy) is 1. The van der Waals surface area contributed by atoms with E-state index in [1.807, 2.05) is 0 Å². The highest BCUT2D eigenvalue weighted by Crippen LogP contribution is 2.32. The molecule has 0 bridgehead atoms. The van der Waals surface area contributed by atoms with Crippen LogP contribution in [0.2, 0.25) is 0 Å². The largest absolute Gasteiger partial charge is 0.489 e. The molecule has 2 aromatic rings. The Balaban J connectivity index is 1.82. The summed E-state index contributed by atoms with van der Waals surface area (Å²) < 4.78 is 57.0. The third-order valence-corrected chi connectivity index (χ3v) is 7.48. The molecular formula is C18H21NO5S2. The first-order valence-electron chi connectivity index (χ1n) is 8.39. The molecule has 1 N–H and O–H groups in total. The number of sulfone groups is 1. The Morgan fingerprint density at radius 2 is 1.77 bits per heavy atom. The van der Waals surface area contributed by atoms with E-state index in [9.17, 15) is 16.8 Å². The van der Waals surface area contributed by atoms with Crippen LogP contribution in [0.25, 0.3) is 0 Å². The smallest absolute Gasteiger partial charge is 0.211 e. The number of hydrogen-bond donors (Lipinski definition) is 1. The molecule has 26 heavy (non-hydrogen) atoms. The molecule has 3 rings (SSSR count). The Bertz CT molecular complexity index is 985. The van der Waals surface area contributed by atoms with E-state index in [4.69, 9.17) is 4.74 Å². The van der Waals surface area contributed by atoms with Crippen molar-refractivity contribution in [1.82, 2.24) is 4.72 Å². The standard InChI is InChI=1S/C18H21NO5S2/c1-2-25(20,21)19-13-15-10-8-14-9-11-17(12-18(14)24-15)26(22,23)16-6-4-3-5-7-16/h3-7,9,11-12,15,19H,2,8,10,13H2,1H3. The molecular weight excluding hydrogens is 374 g/mol. The fraction of sp³-hybridized carbons (Fsp3) is 0.333. The number of hydrogen-bond acceptors (Lipinski definition) is 5. The van der Waals surface area contributed by atoms with Gasteiger partial charge in [0.25, 0.3) is 0 Å². The summed E-state index contributed by atoms with van der Waals surface area (Å²) in [5.74, 6) is 0.504. The first-order valence-corrected chi connectivity index (χ1v) is 11.5. The van der Waals surface area contributed by atoms with Crippen molar-refractivity contribution < 1.29 is 21.6 Å². The molecule has 6 nitrogen and oxygen atoms in total. The van der Waals surface area contributed by atoms with Crippen LogP contribution >= 0.6 is 0 Å². The monoisotopic (exact) mass is 395 g/mol. The maximum atomic E-state index is 12.7. The van der Waals surface area contributed by atoms with Crippen LogP contribution in [0.15, 0.2) is 58.3 Å². The van der Waals surface area contributed by atoms with E-state index in [0.717, 1.165) is 5.56 Å². The number of sulfonamides is 1. The molecule has 0 fully saturated rings. The summed E-state index contributed by atoms with van der Waals surface area (Å²) in [5.41, 5.74) is 0.923. The van der Waals surface area contributed by atoms with Crippen LogP contribution in [0.3, 0.4) is 0 Å². The van der Waals surface area contributed by atoms with Crippen molar-refractivity contribution in [1.29, 1.82) is 0 Å². The Kier molecular flexibility index (Phi) is 5.36. The summed E-state index contributed by atoms with van der Waals surface area (Å²) in [4.78, 5) is 0.389. The van der Waals surface area contributed by atoms with Gasteiger partial charge in [-0.2, -0.15) is 0 Å². The van der Waals surface area contributed by atoms with E-state index in [2.05, 4.69) is 4.72 Å². The summed E-state index contributed by atoms with van der Waals surface area (Å²) in [5, 5.41) is 0. The third-order valence-electron chi connectivity index (χ3n) is 4.34. The van der Waals surface area contributed by atoms with Crippen LogP contribution in [0.4, 0.5) is 0 Å². The molecule has 1 aliphatic rings. The summed E-state index contributed by atoms with van der Waals surface area (Å²) in [6.07, 6.45) is 1.06. The normalized spacial score (nSPS) is 17.3. The van der Waals surface area contributed by atoms with Crippen molar-refractivity contribution in [3.05, 3.63) is 54.1 Å². The third kappa shape index (κ3) is 4.08. The minimum Gasteiger partial charge on any atom is -0.489 e. The van der Waals surface area contributed by atoms with Gasteiger partial charge in [0.15, 0.2) is 0 Å². The Morgan fingerprint density at radius 1 is 1.04 bits per heavy atom. The number of nitrogens with one attached hydrogen (secondary N) is 1. The molecule has 0 amide bonds. The maximum Gasteiger partial charge on any atom is 0.211 e. The van der Waals surface area contributed by atoms with E-state index in [-0.39, 0.29) is 28.2 Å². The van der Waals surface area contributed by atoms with E-state index in [0.29, 0.717) is 18.6 Å². The lowest BCUT2D eigenvalue weighted by atomic mass is 10.0. The van der Waals surface area contributed by atoms with Gasteiger partial charge in [-0.1, -0.05) is 24.3 Å². The van der Waals surface area contributed by atoms with Gasteiger partial charge in [0.1, 0.15) is 11.9 Å². The zero-order chi connectivity index (χ0) is 18.8. The molecule has 0 aliphatic carbocycles. The fourth-order valence-corrected chi connectivity index (χ4v) is 4.72. The lowest BCUT2D eigenvalue weighted by Crippen LogP contribution is -2.37. The van der Waals surface area contributed by atoms with E-state index < -0.39 is 19.9 Å². The lowest BCUT2D eigenvalue weighted by molar-refractivity contribution is 0.176. The second-order valence-corrected chi connectivity index (χ2v) is 10.2. The highest BCUT2D eigenvalue weighted by atomic mass is 32.2. The van der Waals surface area contributed by atoms with Gasteiger partial charge in [0.2, 0.25) is 19.9 Å². The first-order chi connectivity index (χ1) is 12.3. The summed E-state index contributed by atoms with van der Waals surface area (Å²) in [6.45, 7) is 1.74. The minimum absolute atomic E-state index is 0.00970. The van der Waals surface area contributed by atoms with Crippen LogP contribution in [-0.4, -0.2) is 35.2 Å². The van der Waals surface area contributed by atoms with Crippen LogP contribution in [0, 0.1) is 0 Å². The number of rotatable bonds is 6. The second-order valence-electron chi connectivity index (χ2n) is 6.12. The molecule has 0 saturated heterocycles. The molecule has 1 unspecified atom stereocenters. The van der Waals surface area contributed by atoms with Gasteiger partial charge in [0, 0.05) is 6.54 Å². The van der Waals surface area contributed by atoms with Crippen LogP contribution in [-0.2, 0) is 26.3 Å². The number of aryl methyl sites for hydroxylation is 1. The predicted molar refractivity (Wildman–Crippen MR) is 98.5 cm³/mol. The highest BCUT2D eigenvalue weighted by Gasteiger charge is 2.24. The molecule has 0 saturated carbocycles. The van der Waals surface area contributed by atoms with Gasteiger partial charge < -0.3 is 4.74 Å². The molecule has 1 heterocycles. The lowest BCUT2D eigenvalue weighted by Gasteiger charge is -2.26. The minimum atomic E-state index is -3.62. The summed E-state index contributed by atoms with van der Waals surface area (Å²) in [7, 11) is -6.91. The van der Waals surface area contributed by atoms with Gasteiger partial charge >= 0.3 is 0 Å². The van der Waals surface area contributed by atoms with E-state index in [1.165, 1.54) is 6.07 Å². The number of fused-ring (bicyclic) bond motifs is 1. The Labute approximate surface area is 154 Å². The van der Waals surface area contributed by atoms with Crippen molar-refractivity contribution in [2.24, 2.45) is 0 Å². The molecule has 140 valence electrons. The zero-order valence-electron chi connectivity index (χ0n) is 14.4. The van der Waals surface area contributed by atoms with E-state index in [1.54, 1.807) is 49.4 Å². The van der Waals surface area contributed by atoms with Gasteiger partial charge in [-0.15, -0.1) is 0 Å². The van der Waals surface area contributed by atoms with Crippen molar-refractivity contribution in [2.45, 2.75) is 35.7 Å². The molecule has 0 radical (unpaired) electrons. The summed E-state index contributed by atoms with van der Waals surface area (Å²) in [6, 6.07) is 13.1. The quantitative estimate of drug-likeness (QED) is 0.809. The topological polar surface area (TPSA) is 89.5 Å². The van der Waals surface area contributed by atoms with E-state index >= 15 is 0 Å². The zero-order valence-corrected chi connectivity index (χ0v) is 16.0. The van der Waals surface area contributed by atoms with Crippen LogP contribution < -0.4 is 9.46 Å². The van der Waals surface area contributed by atoms with Crippen molar-refractivity contribution in [3.8, 4) is 5.75 Å². The van der Waals surface area contributed by atoms with Gasteiger partial charge in [-0.25, -0.2) is 21.6 Å². The maximum absolute atomic E-state index is 12.7. The SMILES string of the molecule is CCS(=O)(=O)NCC1CCc2ccc(S(=O)(=O)c3ccccc3)cc2O1. The molecule has 8 heteroatoms. The predicted octanol–water partition coefficient (Wildman–Crippen LogP) is 2.15. The average molecular weight is 396 g/mol. The van der Waals surface area contributed by atoms with Crippen LogP contribution in [0.5, 0.6) is 5.75 Å². The van der Waals surface area contributed by atoms with Gasteiger partial charge in [-0.05, 0) is 49.6 Å². The molecule has 2 aromatic carbocycles. The van der Waals surface area contributed by atoms with Crippen molar-refractivity contribution >= 4 is 19.9 Å². The molecule has 1 aliphatic heterocycles. The average Bonchev–Trinajstić information content (AvgIpc) is 2.66.